The van der Waals surface area contributed by atoms with Crippen molar-refractivity contribution in [3.05, 3.63) is 77.0 Å². The molecule has 1 N–H and O–H groups in total. The monoisotopic (exact) mass is 393 g/mol. The number of nitrogens with zero attached hydrogens (tertiary/aromatic N) is 2. The smallest absolute Gasteiger partial charge is 0.287 e. The third-order valence-corrected chi connectivity index (χ3v) is 5.41. The quantitative estimate of drug-likeness (QED) is 0.684. The van der Waals surface area contributed by atoms with Crippen LogP contribution in [0.1, 0.15) is 59.4 Å². The largest absolute Gasteiger partial charge is 0.453 e. The van der Waals surface area contributed by atoms with Crippen LogP contribution in [0, 0.1) is 5.41 Å². The number of rotatable bonds is 6. The summed E-state index contributed by atoms with van der Waals surface area (Å²) >= 11 is 0. The van der Waals surface area contributed by atoms with E-state index >= 15 is 0 Å². The molecular formula is C23H27N3O3. The zero-order valence-electron chi connectivity index (χ0n) is 17.1. The van der Waals surface area contributed by atoms with Gasteiger partial charge in [-0.15, -0.1) is 0 Å². The lowest BCUT2D eigenvalue weighted by Crippen LogP contribution is -2.36. The number of hydrogen-bond acceptors (Lipinski definition) is 4. The van der Waals surface area contributed by atoms with Crippen LogP contribution in [0.2, 0.25) is 0 Å². The summed E-state index contributed by atoms with van der Waals surface area (Å²) < 4.78 is 12.7. The first-order valence-corrected chi connectivity index (χ1v) is 9.92. The van der Waals surface area contributed by atoms with Crippen molar-refractivity contribution in [2.75, 3.05) is 7.11 Å². The molecule has 0 spiro atoms. The predicted molar refractivity (Wildman–Crippen MR) is 110 cm³/mol. The summed E-state index contributed by atoms with van der Waals surface area (Å²) in [5.74, 6) is 0.730. The van der Waals surface area contributed by atoms with Gasteiger partial charge in [0.05, 0.1) is 18.8 Å². The molecule has 0 bridgehead atoms. The minimum absolute atomic E-state index is 0.0593. The van der Waals surface area contributed by atoms with Gasteiger partial charge in [0.2, 0.25) is 0 Å². The van der Waals surface area contributed by atoms with Crippen LogP contribution in [0.4, 0.5) is 0 Å². The van der Waals surface area contributed by atoms with Gasteiger partial charge in [-0.3, -0.25) is 9.48 Å². The van der Waals surface area contributed by atoms with Gasteiger partial charge < -0.3 is 14.5 Å². The highest BCUT2D eigenvalue weighted by molar-refractivity contribution is 5.91. The molecule has 0 fully saturated rings. The molecule has 152 valence electrons. The maximum absolute atomic E-state index is 12.8. The Bertz CT molecular complexity index is 988. The molecule has 1 amide bonds. The average Bonchev–Trinajstić information content (AvgIpc) is 3.30. The van der Waals surface area contributed by atoms with E-state index in [1.807, 2.05) is 24.4 Å². The van der Waals surface area contributed by atoms with Gasteiger partial charge in [-0.25, -0.2) is 0 Å². The Morgan fingerprint density at radius 1 is 1.28 bits per heavy atom. The van der Waals surface area contributed by atoms with E-state index in [0.29, 0.717) is 18.1 Å². The normalized spacial score (nSPS) is 17.7. The van der Waals surface area contributed by atoms with E-state index in [-0.39, 0.29) is 17.4 Å². The second-order valence-electron chi connectivity index (χ2n) is 8.46. The first kappa shape index (κ1) is 19.5. The van der Waals surface area contributed by atoms with Crippen LogP contribution in [0.15, 0.2) is 53.1 Å². The van der Waals surface area contributed by atoms with Crippen molar-refractivity contribution in [3.8, 4) is 0 Å². The molecule has 4 rings (SSSR count). The maximum Gasteiger partial charge on any atom is 0.287 e. The Labute approximate surface area is 170 Å². The van der Waals surface area contributed by atoms with E-state index in [0.717, 1.165) is 24.9 Å². The first-order chi connectivity index (χ1) is 13.9. The Kier molecular flexibility index (Phi) is 5.28. The minimum Gasteiger partial charge on any atom is -0.453 e. The number of nitrogens with one attached hydrogen (secondary N) is 1. The third-order valence-electron chi connectivity index (χ3n) is 5.41. The van der Waals surface area contributed by atoms with Crippen LogP contribution >= 0.6 is 0 Å². The summed E-state index contributed by atoms with van der Waals surface area (Å²) in [5, 5.41) is 7.80. The van der Waals surface area contributed by atoms with Gasteiger partial charge in [0.25, 0.3) is 5.91 Å². The van der Waals surface area contributed by atoms with Crippen LogP contribution in [0.25, 0.3) is 0 Å². The number of aromatic nitrogens is 2. The first-order valence-electron chi connectivity index (χ1n) is 9.92. The highest BCUT2D eigenvalue weighted by Gasteiger charge is 2.36. The van der Waals surface area contributed by atoms with Crippen LogP contribution in [-0.4, -0.2) is 22.8 Å². The van der Waals surface area contributed by atoms with E-state index in [2.05, 4.69) is 41.1 Å². The van der Waals surface area contributed by atoms with Crippen molar-refractivity contribution in [2.45, 2.75) is 45.9 Å². The molecule has 6 heteroatoms. The molecule has 0 radical (unpaired) electrons. The number of carbonyl (C=O) groups is 1. The third kappa shape index (κ3) is 4.27. The lowest BCUT2D eigenvalue weighted by atomic mass is 9.74. The molecule has 1 unspecified atom stereocenters. The number of carbonyl (C=O) groups excluding carboxylic acids is 1. The van der Waals surface area contributed by atoms with Gasteiger partial charge in [0.15, 0.2) is 5.76 Å². The van der Waals surface area contributed by atoms with Gasteiger partial charge >= 0.3 is 0 Å². The van der Waals surface area contributed by atoms with Crippen LogP contribution in [-0.2, 0) is 24.3 Å². The van der Waals surface area contributed by atoms with E-state index in [9.17, 15) is 4.79 Å². The zero-order valence-corrected chi connectivity index (χ0v) is 17.1. The summed E-state index contributed by atoms with van der Waals surface area (Å²) in [6.45, 7) is 5.54. The molecule has 1 aromatic carbocycles. The topological polar surface area (TPSA) is 69.3 Å². The number of hydrogen-bond donors (Lipinski definition) is 1. The van der Waals surface area contributed by atoms with Crippen LogP contribution in [0.3, 0.4) is 0 Å². The lowest BCUT2D eigenvalue weighted by Gasteiger charge is -2.35. The van der Waals surface area contributed by atoms with E-state index in [4.69, 9.17) is 9.15 Å². The van der Waals surface area contributed by atoms with Crippen molar-refractivity contribution in [3.63, 3.8) is 0 Å². The SMILES string of the molecule is COCc1ccc(C(=O)NC2CC(C)(C)Cc3c2cnn3Cc2ccccc2)o1. The van der Waals surface area contributed by atoms with Crippen LogP contribution in [0.5, 0.6) is 0 Å². The van der Waals surface area contributed by atoms with Crippen molar-refractivity contribution in [1.29, 1.82) is 0 Å². The molecule has 0 aliphatic heterocycles. The standard InChI is InChI=1S/C23H27N3O3/c1-23(2)11-19(25-22(27)21-10-9-17(29-21)15-28-3)18-13-24-26(20(18)12-23)14-16-7-5-4-6-8-16/h4-10,13,19H,11-12,14-15H2,1-3H3,(H,25,27). The molecular weight excluding hydrogens is 366 g/mol. The molecule has 1 atom stereocenters. The fraction of sp³-hybridized carbons (Fsp3) is 0.391. The molecule has 2 aromatic heterocycles. The Balaban J connectivity index is 1.56. The number of amides is 1. The average molecular weight is 393 g/mol. The molecule has 1 aliphatic rings. The van der Waals surface area contributed by atoms with Gasteiger partial charge in [-0.1, -0.05) is 44.2 Å². The van der Waals surface area contributed by atoms with Crippen molar-refractivity contribution >= 4 is 5.91 Å². The van der Waals surface area contributed by atoms with Crippen molar-refractivity contribution < 1.29 is 13.9 Å². The molecule has 0 saturated heterocycles. The molecule has 1 aliphatic carbocycles. The van der Waals surface area contributed by atoms with Gasteiger partial charge in [0, 0.05) is 18.4 Å². The van der Waals surface area contributed by atoms with E-state index < -0.39 is 0 Å². The van der Waals surface area contributed by atoms with Gasteiger partial charge in [-0.05, 0) is 36.0 Å². The fourth-order valence-corrected chi connectivity index (χ4v) is 4.07. The molecule has 6 nitrogen and oxygen atoms in total. The maximum atomic E-state index is 12.8. The number of fused-ring (bicyclic) bond motifs is 1. The van der Waals surface area contributed by atoms with E-state index in [1.165, 1.54) is 11.3 Å². The molecule has 29 heavy (non-hydrogen) atoms. The summed E-state index contributed by atoms with van der Waals surface area (Å²) in [6.07, 6.45) is 3.69. The summed E-state index contributed by atoms with van der Waals surface area (Å²) in [7, 11) is 1.60. The highest BCUT2D eigenvalue weighted by Crippen LogP contribution is 2.41. The highest BCUT2D eigenvalue weighted by atomic mass is 16.5. The van der Waals surface area contributed by atoms with Gasteiger partial charge in [0.1, 0.15) is 12.4 Å². The summed E-state index contributed by atoms with van der Waals surface area (Å²) in [5.41, 5.74) is 3.56. The Morgan fingerprint density at radius 2 is 2.07 bits per heavy atom. The van der Waals surface area contributed by atoms with Crippen LogP contribution < -0.4 is 5.32 Å². The summed E-state index contributed by atoms with van der Waals surface area (Å²) in [4.78, 5) is 12.8. The summed E-state index contributed by atoms with van der Waals surface area (Å²) in [6, 6.07) is 13.7. The Hall–Kier alpha value is -2.86. The van der Waals surface area contributed by atoms with Crippen molar-refractivity contribution in [1.82, 2.24) is 15.1 Å². The molecule has 2 heterocycles. The van der Waals surface area contributed by atoms with E-state index in [1.54, 1.807) is 19.2 Å². The molecule has 0 saturated carbocycles. The predicted octanol–water partition coefficient (Wildman–Crippen LogP) is 4.11. The minimum atomic E-state index is -0.211. The fourth-order valence-electron chi connectivity index (χ4n) is 4.07. The van der Waals surface area contributed by atoms with Crippen molar-refractivity contribution in [2.24, 2.45) is 5.41 Å². The Morgan fingerprint density at radius 3 is 2.83 bits per heavy atom. The van der Waals surface area contributed by atoms with Gasteiger partial charge in [-0.2, -0.15) is 5.10 Å². The number of benzene rings is 1. The lowest BCUT2D eigenvalue weighted by molar-refractivity contribution is 0.0882. The number of methoxy groups -OCH3 is 1. The second kappa shape index (κ2) is 7.87. The number of ether oxygens (including phenoxy) is 1. The molecule has 3 aromatic rings. The second-order valence-corrected chi connectivity index (χ2v) is 8.46. The number of furan rings is 1. The zero-order chi connectivity index (χ0) is 20.4.